The monoisotopic (exact) mass is 492 g/mol. The van der Waals surface area contributed by atoms with Gasteiger partial charge in [0.05, 0.1) is 26.1 Å². The molecule has 2 saturated heterocycles. The first-order valence-corrected chi connectivity index (χ1v) is 8.90. The number of hydrogen-bond acceptors (Lipinski definition) is 5. The van der Waals surface area contributed by atoms with Crippen LogP contribution in [0, 0.1) is 0 Å². The predicted octanol–water partition coefficient (Wildman–Crippen LogP) is 4.38. The Bertz CT molecular complexity index is 685. The summed E-state index contributed by atoms with van der Waals surface area (Å²) in [6.45, 7) is 1.30. The zero-order valence-electron chi connectivity index (χ0n) is 16.2. The third-order valence-corrected chi connectivity index (χ3v) is 4.79. The molecule has 15 heteroatoms. The second kappa shape index (κ2) is 9.25. The molecule has 2 aliphatic rings. The molecule has 0 aromatic carbocycles. The van der Waals surface area contributed by atoms with Gasteiger partial charge >= 0.3 is 24.2 Å². The summed E-state index contributed by atoms with van der Waals surface area (Å²) in [6, 6.07) is 0. The number of allylic oxidation sites excluding steroid dienone is 2. The molecule has 2 fully saturated rings. The number of ether oxygens (including phenoxy) is 5. The van der Waals surface area contributed by atoms with Gasteiger partial charge in [-0.25, -0.2) is 4.39 Å². The fraction of sp³-hybridized carbons (Fsp3) is 0.765. The predicted molar refractivity (Wildman–Crippen MR) is 84.9 cm³/mol. The lowest BCUT2D eigenvalue weighted by atomic mass is 9.94. The van der Waals surface area contributed by atoms with E-state index in [-0.39, 0.29) is 20.1 Å². The standard InChI is InChI=1S/C17H18F10O5/c1-3-28-9-6-31-12-10(7-32-11(9)12)29-4-5-30-13(15(19,20)21)8(2)14(18,16(22,23)24)17(25,26)27/h3,9-12H,1,4-7H2,2H3. The Kier molecular flexibility index (Phi) is 7.66. The number of rotatable bonds is 8. The van der Waals surface area contributed by atoms with Gasteiger partial charge in [-0.15, -0.1) is 0 Å². The maximum Gasteiger partial charge on any atom is 0.448 e. The molecule has 0 spiro atoms. The Morgan fingerprint density at radius 2 is 1.38 bits per heavy atom. The van der Waals surface area contributed by atoms with E-state index in [9.17, 15) is 43.9 Å². The second-order valence-corrected chi connectivity index (χ2v) is 6.80. The first-order chi connectivity index (χ1) is 14.6. The Morgan fingerprint density at radius 3 is 1.84 bits per heavy atom. The number of hydrogen-bond donors (Lipinski definition) is 0. The van der Waals surface area contributed by atoms with Crippen molar-refractivity contribution in [2.24, 2.45) is 0 Å². The van der Waals surface area contributed by atoms with E-state index in [1.165, 1.54) is 0 Å². The van der Waals surface area contributed by atoms with Crippen molar-refractivity contribution < 1.29 is 67.6 Å². The molecule has 186 valence electrons. The number of halogens is 10. The van der Waals surface area contributed by atoms with Gasteiger partial charge < -0.3 is 23.7 Å². The highest BCUT2D eigenvalue weighted by molar-refractivity contribution is 5.27. The third-order valence-electron chi connectivity index (χ3n) is 4.79. The highest BCUT2D eigenvalue weighted by Gasteiger charge is 2.75. The molecule has 2 rings (SSSR count). The molecule has 5 nitrogen and oxygen atoms in total. The van der Waals surface area contributed by atoms with Crippen molar-refractivity contribution in [2.45, 2.75) is 55.5 Å². The van der Waals surface area contributed by atoms with Crippen LogP contribution >= 0.6 is 0 Å². The maximum absolute atomic E-state index is 14.0. The highest BCUT2D eigenvalue weighted by atomic mass is 19.4. The normalized spacial score (nSPS) is 27.7. The van der Waals surface area contributed by atoms with Crippen LogP contribution in [0.1, 0.15) is 6.92 Å². The van der Waals surface area contributed by atoms with Gasteiger partial charge in [-0.05, 0) is 6.92 Å². The molecule has 4 unspecified atom stereocenters. The molecule has 0 aliphatic carbocycles. The van der Waals surface area contributed by atoms with Gasteiger partial charge in [0.15, 0.2) is 0 Å². The largest absolute Gasteiger partial charge is 0.493 e. The Morgan fingerprint density at radius 1 is 0.875 bits per heavy atom. The van der Waals surface area contributed by atoms with E-state index in [1.54, 1.807) is 0 Å². The van der Waals surface area contributed by atoms with E-state index in [0.717, 1.165) is 6.26 Å². The van der Waals surface area contributed by atoms with Gasteiger partial charge in [0, 0.05) is 5.57 Å². The molecule has 0 saturated carbocycles. The van der Waals surface area contributed by atoms with Crippen LogP contribution in [0.4, 0.5) is 43.9 Å². The van der Waals surface area contributed by atoms with Crippen molar-refractivity contribution in [2.75, 3.05) is 26.4 Å². The third kappa shape index (κ3) is 5.09. The molecule has 32 heavy (non-hydrogen) atoms. The lowest BCUT2D eigenvalue weighted by Gasteiger charge is -2.32. The molecular weight excluding hydrogens is 474 g/mol. The van der Waals surface area contributed by atoms with Crippen molar-refractivity contribution in [1.82, 2.24) is 0 Å². The first kappa shape index (κ1) is 26.5. The van der Waals surface area contributed by atoms with E-state index in [2.05, 4.69) is 11.3 Å². The van der Waals surface area contributed by atoms with Crippen LogP contribution in [0.25, 0.3) is 0 Å². The fourth-order valence-corrected chi connectivity index (χ4v) is 3.30. The van der Waals surface area contributed by atoms with Crippen LogP contribution in [0.15, 0.2) is 24.2 Å². The summed E-state index contributed by atoms with van der Waals surface area (Å²) in [5.41, 5.74) is -8.99. The first-order valence-electron chi connectivity index (χ1n) is 8.90. The van der Waals surface area contributed by atoms with Crippen molar-refractivity contribution in [1.29, 1.82) is 0 Å². The van der Waals surface area contributed by atoms with Gasteiger partial charge in [0.2, 0.25) is 5.76 Å². The molecule has 2 heterocycles. The van der Waals surface area contributed by atoms with Crippen LogP contribution in [-0.2, 0) is 23.7 Å². The maximum atomic E-state index is 14.0. The number of fused-ring (bicyclic) bond motifs is 1. The molecule has 0 aromatic rings. The molecule has 4 atom stereocenters. The average molecular weight is 492 g/mol. The van der Waals surface area contributed by atoms with Crippen molar-refractivity contribution in [3.05, 3.63) is 24.2 Å². The molecule has 0 N–H and O–H groups in total. The minimum atomic E-state index is -6.72. The molecular formula is C17H18F10O5. The smallest absolute Gasteiger partial charge is 0.448 e. The quantitative estimate of drug-likeness (QED) is 0.286. The molecule has 0 amide bonds. The van der Waals surface area contributed by atoms with Gasteiger partial charge in [0.1, 0.15) is 31.0 Å². The summed E-state index contributed by atoms with van der Waals surface area (Å²) < 4.78 is 155. The van der Waals surface area contributed by atoms with Gasteiger partial charge in [0.25, 0.3) is 0 Å². The van der Waals surface area contributed by atoms with E-state index >= 15 is 0 Å². The van der Waals surface area contributed by atoms with Gasteiger partial charge in [-0.2, -0.15) is 39.5 Å². The second-order valence-electron chi connectivity index (χ2n) is 6.80. The lowest BCUT2D eigenvalue weighted by Crippen LogP contribution is -2.55. The van der Waals surface area contributed by atoms with E-state index < -0.39 is 73.2 Å². The van der Waals surface area contributed by atoms with E-state index in [0.29, 0.717) is 0 Å². The summed E-state index contributed by atoms with van der Waals surface area (Å²) in [5.74, 6) is -2.75. The van der Waals surface area contributed by atoms with Crippen molar-refractivity contribution in [3.63, 3.8) is 0 Å². The SMILES string of the molecule is C=COC1COC2C(OCCOC(=C(C)C(F)(C(F)(F)F)C(F)(F)F)C(F)(F)F)COC12. The van der Waals surface area contributed by atoms with E-state index in [1.807, 2.05) is 0 Å². The summed E-state index contributed by atoms with van der Waals surface area (Å²) in [6.07, 6.45) is -20.7. The van der Waals surface area contributed by atoms with Crippen molar-refractivity contribution in [3.8, 4) is 0 Å². The highest BCUT2D eigenvalue weighted by Crippen LogP contribution is 2.52. The summed E-state index contributed by atoms with van der Waals surface area (Å²) in [5, 5.41) is 0. The zero-order valence-corrected chi connectivity index (χ0v) is 16.2. The van der Waals surface area contributed by atoms with Gasteiger partial charge in [-0.1, -0.05) is 6.58 Å². The molecule has 2 aliphatic heterocycles. The lowest BCUT2D eigenvalue weighted by molar-refractivity contribution is -0.327. The van der Waals surface area contributed by atoms with Crippen LogP contribution in [0.5, 0.6) is 0 Å². The zero-order chi connectivity index (χ0) is 24.5. The topological polar surface area (TPSA) is 46.2 Å². The van der Waals surface area contributed by atoms with Gasteiger partial charge in [-0.3, -0.25) is 0 Å². The van der Waals surface area contributed by atoms with Crippen LogP contribution in [0.2, 0.25) is 0 Å². The van der Waals surface area contributed by atoms with Crippen LogP contribution in [0.3, 0.4) is 0 Å². The summed E-state index contributed by atoms with van der Waals surface area (Å²) >= 11 is 0. The average Bonchev–Trinajstić information content (AvgIpc) is 3.21. The molecule has 0 radical (unpaired) electrons. The molecule has 0 aromatic heterocycles. The minimum Gasteiger partial charge on any atom is -0.493 e. The van der Waals surface area contributed by atoms with Crippen LogP contribution in [-0.4, -0.2) is 75.0 Å². The Labute approximate surface area is 174 Å². The van der Waals surface area contributed by atoms with E-state index in [4.69, 9.17) is 18.9 Å². The van der Waals surface area contributed by atoms with Crippen molar-refractivity contribution >= 4 is 0 Å². The van der Waals surface area contributed by atoms with Crippen LogP contribution < -0.4 is 0 Å². The molecule has 0 bridgehead atoms. The number of alkyl halides is 10. The summed E-state index contributed by atoms with van der Waals surface area (Å²) in [4.78, 5) is 0. The fourth-order valence-electron chi connectivity index (χ4n) is 3.30. The Hall–Kier alpha value is -1.74. The summed E-state index contributed by atoms with van der Waals surface area (Å²) in [7, 11) is 0. The minimum absolute atomic E-state index is 0.0664. The Balaban J connectivity index is 2.09.